The molecular formula is C29H36Cl2N4O. The van der Waals surface area contributed by atoms with Gasteiger partial charge in [-0.3, -0.25) is 4.79 Å². The minimum atomic E-state index is -0.987. The normalized spacial score (nSPS) is 26.6. The van der Waals surface area contributed by atoms with Crippen molar-refractivity contribution in [3.63, 3.8) is 0 Å². The molecule has 36 heavy (non-hydrogen) atoms. The van der Waals surface area contributed by atoms with Crippen LogP contribution in [0.4, 0.5) is 0 Å². The number of halogens is 2. The molecule has 0 bridgehead atoms. The molecule has 0 aliphatic carbocycles. The SMILES string of the molecule is CC(C)(C)C[C@@H]1N[C@@H](C(=O)NCCN2CCCC2)[C@H](c2cccc(Cl)c2)[C@@]1(C#N)c1ccc(Cl)cc1. The zero-order chi connectivity index (χ0) is 25.9. The highest BCUT2D eigenvalue weighted by Gasteiger charge is 2.59. The van der Waals surface area contributed by atoms with Crippen LogP contribution in [-0.4, -0.2) is 49.1 Å². The van der Waals surface area contributed by atoms with Crippen LogP contribution in [-0.2, 0) is 10.2 Å². The summed E-state index contributed by atoms with van der Waals surface area (Å²) in [4.78, 5) is 16.1. The van der Waals surface area contributed by atoms with Crippen LogP contribution in [0, 0.1) is 16.7 Å². The van der Waals surface area contributed by atoms with E-state index in [1.807, 2.05) is 48.5 Å². The van der Waals surface area contributed by atoms with Crippen molar-refractivity contribution in [1.82, 2.24) is 15.5 Å². The molecule has 192 valence electrons. The lowest BCUT2D eigenvalue weighted by Gasteiger charge is -2.37. The number of nitriles is 1. The number of carbonyl (C=O) groups excluding carboxylic acids is 1. The molecule has 0 saturated carbocycles. The van der Waals surface area contributed by atoms with E-state index in [1.54, 1.807) is 0 Å². The van der Waals surface area contributed by atoms with Crippen molar-refractivity contribution >= 4 is 29.1 Å². The third kappa shape index (κ3) is 5.73. The summed E-state index contributed by atoms with van der Waals surface area (Å²) >= 11 is 12.7. The van der Waals surface area contributed by atoms with Gasteiger partial charge in [0.2, 0.25) is 5.91 Å². The zero-order valence-electron chi connectivity index (χ0n) is 21.4. The minimum absolute atomic E-state index is 0.0633. The Bertz CT molecular complexity index is 1100. The Morgan fingerprint density at radius 3 is 2.44 bits per heavy atom. The molecule has 0 radical (unpaired) electrons. The average Bonchev–Trinajstić information content (AvgIpc) is 3.45. The van der Waals surface area contributed by atoms with Gasteiger partial charge in [-0.1, -0.05) is 68.2 Å². The largest absolute Gasteiger partial charge is 0.353 e. The molecule has 7 heteroatoms. The Labute approximate surface area is 225 Å². The molecule has 2 N–H and O–H groups in total. The van der Waals surface area contributed by atoms with Crippen LogP contribution >= 0.6 is 23.2 Å². The molecule has 0 unspecified atom stereocenters. The summed E-state index contributed by atoms with van der Waals surface area (Å²) < 4.78 is 0. The maximum atomic E-state index is 13.7. The summed E-state index contributed by atoms with van der Waals surface area (Å²) in [5.74, 6) is -0.509. The van der Waals surface area contributed by atoms with Gasteiger partial charge in [-0.2, -0.15) is 5.26 Å². The fourth-order valence-corrected chi connectivity index (χ4v) is 6.24. The van der Waals surface area contributed by atoms with Crippen molar-refractivity contribution < 1.29 is 4.79 Å². The molecule has 2 heterocycles. The number of amides is 1. The maximum Gasteiger partial charge on any atom is 0.237 e. The Kier molecular flexibility index (Phi) is 8.32. The molecule has 5 nitrogen and oxygen atoms in total. The summed E-state index contributed by atoms with van der Waals surface area (Å²) in [6, 6.07) is 16.9. The summed E-state index contributed by atoms with van der Waals surface area (Å²) in [7, 11) is 0. The number of nitrogens with zero attached hydrogens (tertiary/aromatic N) is 2. The molecule has 2 aliphatic rings. The summed E-state index contributed by atoms with van der Waals surface area (Å²) in [5, 5.41) is 18.9. The Hall–Kier alpha value is -2.10. The monoisotopic (exact) mass is 526 g/mol. The van der Waals surface area contributed by atoms with Crippen molar-refractivity contribution in [2.24, 2.45) is 5.41 Å². The standard InChI is InChI=1S/C29H36Cl2N4O/c1-28(2,3)18-24-29(19-32,21-9-11-22(30)12-10-21)25(20-7-6-8-23(31)17-20)26(34-24)27(36)33-13-16-35-14-4-5-15-35/h6-12,17,24-26,34H,4-5,13-16,18H2,1-3H3,(H,33,36)/t24-,25-,26+,29-/m0/s1. The van der Waals surface area contributed by atoms with Gasteiger partial charge in [-0.25, -0.2) is 0 Å². The van der Waals surface area contributed by atoms with Gasteiger partial charge in [0.05, 0.1) is 12.1 Å². The highest BCUT2D eigenvalue weighted by molar-refractivity contribution is 6.30. The van der Waals surface area contributed by atoms with E-state index in [0.29, 0.717) is 16.6 Å². The number of nitrogens with one attached hydrogen (secondary N) is 2. The van der Waals surface area contributed by atoms with Crippen LogP contribution < -0.4 is 10.6 Å². The first-order chi connectivity index (χ1) is 17.1. The number of hydrogen-bond donors (Lipinski definition) is 2. The van der Waals surface area contributed by atoms with Crippen molar-refractivity contribution in [1.29, 1.82) is 5.26 Å². The van der Waals surface area contributed by atoms with Crippen molar-refractivity contribution in [3.8, 4) is 6.07 Å². The van der Waals surface area contributed by atoms with Crippen LogP contribution in [0.2, 0.25) is 10.0 Å². The fourth-order valence-electron chi connectivity index (χ4n) is 5.91. The van der Waals surface area contributed by atoms with Crippen molar-refractivity contribution in [3.05, 3.63) is 69.7 Å². The van der Waals surface area contributed by atoms with Gasteiger partial charge in [0.1, 0.15) is 5.41 Å². The second kappa shape index (κ2) is 11.1. The van der Waals surface area contributed by atoms with E-state index in [-0.39, 0.29) is 17.4 Å². The number of likely N-dealkylation sites (tertiary alicyclic amines) is 1. The maximum absolute atomic E-state index is 13.7. The molecule has 0 aromatic heterocycles. The molecule has 1 amide bonds. The van der Waals surface area contributed by atoms with Crippen LogP contribution in [0.5, 0.6) is 0 Å². The molecule has 2 aromatic carbocycles. The smallest absolute Gasteiger partial charge is 0.237 e. The average molecular weight is 528 g/mol. The molecule has 2 fully saturated rings. The quantitative estimate of drug-likeness (QED) is 0.497. The van der Waals surface area contributed by atoms with Crippen LogP contribution in [0.25, 0.3) is 0 Å². The lowest BCUT2D eigenvalue weighted by molar-refractivity contribution is -0.123. The van der Waals surface area contributed by atoms with Gasteiger partial charge >= 0.3 is 0 Å². The summed E-state index contributed by atoms with van der Waals surface area (Å²) in [6.07, 6.45) is 3.16. The van der Waals surface area contributed by atoms with E-state index in [0.717, 1.165) is 37.2 Å². The second-order valence-corrected chi connectivity index (χ2v) is 12.2. The molecule has 2 aromatic rings. The lowest BCUT2D eigenvalue weighted by atomic mass is 9.63. The molecule has 0 spiro atoms. The van der Waals surface area contributed by atoms with Crippen molar-refractivity contribution in [2.45, 2.75) is 63.5 Å². The lowest BCUT2D eigenvalue weighted by Crippen LogP contribution is -2.47. The number of hydrogen-bond acceptors (Lipinski definition) is 4. The van der Waals surface area contributed by atoms with E-state index in [4.69, 9.17) is 23.2 Å². The topological polar surface area (TPSA) is 68.2 Å². The first-order valence-corrected chi connectivity index (χ1v) is 13.6. The Morgan fingerprint density at radius 1 is 1.14 bits per heavy atom. The van der Waals surface area contributed by atoms with Crippen LogP contribution in [0.1, 0.15) is 57.1 Å². The molecule has 2 aliphatic heterocycles. The first kappa shape index (κ1) is 26.9. The third-order valence-electron chi connectivity index (χ3n) is 7.49. The minimum Gasteiger partial charge on any atom is -0.353 e. The van der Waals surface area contributed by atoms with E-state index in [2.05, 4.69) is 42.4 Å². The van der Waals surface area contributed by atoms with Gasteiger partial charge in [0.25, 0.3) is 0 Å². The number of benzene rings is 2. The van der Waals surface area contributed by atoms with E-state index in [1.165, 1.54) is 12.8 Å². The highest BCUT2D eigenvalue weighted by atomic mass is 35.5. The van der Waals surface area contributed by atoms with Crippen LogP contribution in [0.3, 0.4) is 0 Å². The molecule has 4 rings (SSSR count). The first-order valence-electron chi connectivity index (χ1n) is 12.8. The molecule has 2 saturated heterocycles. The second-order valence-electron chi connectivity index (χ2n) is 11.3. The summed E-state index contributed by atoms with van der Waals surface area (Å²) in [6.45, 7) is 10.1. The molecular weight excluding hydrogens is 491 g/mol. The van der Waals surface area contributed by atoms with Gasteiger partial charge in [0.15, 0.2) is 0 Å². The predicted molar refractivity (Wildman–Crippen MR) is 146 cm³/mol. The van der Waals surface area contributed by atoms with E-state index < -0.39 is 17.4 Å². The van der Waals surface area contributed by atoms with Crippen LogP contribution in [0.15, 0.2) is 48.5 Å². The Morgan fingerprint density at radius 2 is 1.83 bits per heavy atom. The van der Waals surface area contributed by atoms with Crippen molar-refractivity contribution in [2.75, 3.05) is 26.2 Å². The van der Waals surface area contributed by atoms with E-state index in [9.17, 15) is 10.1 Å². The fraction of sp³-hybridized carbons (Fsp3) is 0.517. The predicted octanol–water partition coefficient (Wildman–Crippen LogP) is 5.53. The Balaban J connectivity index is 1.76. The van der Waals surface area contributed by atoms with E-state index >= 15 is 0 Å². The number of rotatable bonds is 7. The van der Waals surface area contributed by atoms with Gasteiger partial charge in [-0.15, -0.1) is 0 Å². The number of carbonyl (C=O) groups is 1. The summed E-state index contributed by atoms with van der Waals surface area (Å²) in [5.41, 5.74) is 0.683. The van der Waals surface area contributed by atoms with Gasteiger partial charge < -0.3 is 15.5 Å². The zero-order valence-corrected chi connectivity index (χ0v) is 22.9. The van der Waals surface area contributed by atoms with Gasteiger partial charge in [0, 0.05) is 35.1 Å². The van der Waals surface area contributed by atoms with Gasteiger partial charge in [-0.05, 0) is 73.2 Å². The highest BCUT2D eigenvalue weighted by Crippen LogP contribution is 2.51. The third-order valence-corrected chi connectivity index (χ3v) is 7.98. The molecule has 4 atom stereocenters.